The first-order valence-corrected chi connectivity index (χ1v) is 20.5. The molecule has 2 saturated carbocycles. The van der Waals surface area contributed by atoms with Crippen molar-refractivity contribution >= 4 is 39.0 Å². The van der Waals surface area contributed by atoms with Crippen LogP contribution in [0.1, 0.15) is 36.8 Å². The van der Waals surface area contributed by atoms with E-state index in [9.17, 15) is 0 Å². The van der Waals surface area contributed by atoms with E-state index in [1.54, 1.807) is 0 Å². The number of hydrogen-bond acceptors (Lipinski definition) is 2. The van der Waals surface area contributed by atoms with E-state index in [0.29, 0.717) is 5.92 Å². The van der Waals surface area contributed by atoms with E-state index in [0.717, 1.165) is 39.2 Å². The van der Waals surface area contributed by atoms with Crippen molar-refractivity contribution in [2.75, 3.05) is 4.90 Å². The molecular formula is C55H41NO. The molecule has 0 amide bonds. The summed E-state index contributed by atoms with van der Waals surface area (Å²) < 4.78 is 6.40. The van der Waals surface area contributed by atoms with Crippen LogP contribution < -0.4 is 4.90 Å². The van der Waals surface area contributed by atoms with Crippen LogP contribution in [-0.4, -0.2) is 0 Å². The Labute approximate surface area is 333 Å². The van der Waals surface area contributed by atoms with Crippen LogP contribution in [0.15, 0.2) is 192 Å². The summed E-state index contributed by atoms with van der Waals surface area (Å²) in [5.41, 5.74) is 18.5. The van der Waals surface area contributed by atoms with Gasteiger partial charge in [-0.2, -0.15) is 0 Å². The van der Waals surface area contributed by atoms with Crippen LogP contribution in [0.5, 0.6) is 0 Å². The van der Waals surface area contributed by atoms with E-state index in [2.05, 4.69) is 193 Å². The molecule has 2 heteroatoms. The molecule has 2 bridgehead atoms. The molecule has 272 valence electrons. The maximum Gasteiger partial charge on any atom is 0.135 e. The average molecular weight is 732 g/mol. The fourth-order valence-corrected chi connectivity index (χ4v) is 11.3. The van der Waals surface area contributed by atoms with Crippen molar-refractivity contribution in [1.82, 2.24) is 0 Å². The molecule has 3 aliphatic rings. The third-order valence-electron chi connectivity index (χ3n) is 13.6. The molecule has 3 atom stereocenters. The molecule has 9 aromatic rings. The lowest BCUT2D eigenvalue weighted by atomic mass is 9.67. The van der Waals surface area contributed by atoms with E-state index >= 15 is 0 Å². The minimum Gasteiger partial charge on any atom is -0.456 e. The Morgan fingerprint density at radius 2 is 1.07 bits per heavy atom. The monoisotopic (exact) mass is 731 g/mol. The predicted molar refractivity (Wildman–Crippen MR) is 236 cm³/mol. The highest BCUT2D eigenvalue weighted by Crippen LogP contribution is 2.67. The first kappa shape index (κ1) is 32.6. The summed E-state index contributed by atoms with van der Waals surface area (Å²) in [6.07, 6.45) is 5.29. The van der Waals surface area contributed by atoms with Crippen molar-refractivity contribution < 1.29 is 4.42 Å². The normalized spacial score (nSPS) is 19.0. The van der Waals surface area contributed by atoms with Gasteiger partial charge < -0.3 is 9.32 Å². The lowest BCUT2D eigenvalue weighted by molar-refractivity contribution is 0.327. The molecule has 57 heavy (non-hydrogen) atoms. The van der Waals surface area contributed by atoms with E-state index in [-0.39, 0.29) is 5.41 Å². The molecule has 1 spiro atoms. The minimum absolute atomic E-state index is 0.0779. The SMILES string of the molecule is c1ccc(-c2ccccc2-c2ccccc2-c2ccccc2N(c2ccc3oc4ccccc4c3c2)c2cccc3c2-c2ccccc2C32CC3CCC2C3)cc1. The maximum absolute atomic E-state index is 6.40. The fraction of sp³-hybridized carbons (Fsp3) is 0.127. The second kappa shape index (κ2) is 12.7. The van der Waals surface area contributed by atoms with Gasteiger partial charge in [-0.15, -0.1) is 0 Å². The van der Waals surface area contributed by atoms with Crippen LogP contribution in [-0.2, 0) is 5.41 Å². The van der Waals surface area contributed by atoms with Crippen molar-refractivity contribution in [2.45, 2.75) is 31.1 Å². The Morgan fingerprint density at radius 3 is 1.86 bits per heavy atom. The van der Waals surface area contributed by atoms with Crippen molar-refractivity contribution in [2.24, 2.45) is 11.8 Å². The second-order valence-electron chi connectivity index (χ2n) is 16.4. The van der Waals surface area contributed by atoms with Gasteiger partial charge in [-0.1, -0.05) is 158 Å². The highest BCUT2D eigenvalue weighted by molar-refractivity contribution is 6.08. The summed E-state index contributed by atoms with van der Waals surface area (Å²) in [5.74, 6) is 1.49. The number of furan rings is 1. The van der Waals surface area contributed by atoms with Crippen LogP contribution in [0, 0.1) is 11.8 Å². The first-order chi connectivity index (χ1) is 28.3. The van der Waals surface area contributed by atoms with Gasteiger partial charge in [0, 0.05) is 33.0 Å². The molecule has 0 saturated heterocycles. The van der Waals surface area contributed by atoms with Crippen LogP contribution in [0.3, 0.4) is 0 Å². The molecule has 8 aromatic carbocycles. The third kappa shape index (κ3) is 4.83. The third-order valence-corrected chi connectivity index (χ3v) is 13.6. The number of rotatable bonds is 6. The molecule has 2 fully saturated rings. The van der Waals surface area contributed by atoms with E-state index in [1.807, 2.05) is 0 Å². The number of fused-ring (bicyclic) bond motifs is 11. The molecule has 0 N–H and O–H groups in total. The maximum atomic E-state index is 6.40. The minimum atomic E-state index is 0.0779. The molecule has 0 aliphatic heterocycles. The zero-order valence-corrected chi connectivity index (χ0v) is 31.7. The van der Waals surface area contributed by atoms with Crippen molar-refractivity contribution in [3.8, 4) is 44.5 Å². The molecule has 1 aromatic heterocycles. The molecular weight excluding hydrogens is 691 g/mol. The van der Waals surface area contributed by atoms with Gasteiger partial charge in [0.15, 0.2) is 0 Å². The highest BCUT2D eigenvalue weighted by Gasteiger charge is 2.57. The summed E-state index contributed by atoms with van der Waals surface area (Å²) in [4.78, 5) is 2.55. The molecule has 12 rings (SSSR count). The van der Waals surface area contributed by atoms with Crippen molar-refractivity contribution in [3.63, 3.8) is 0 Å². The Morgan fingerprint density at radius 1 is 0.456 bits per heavy atom. The van der Waals surface area contributed by atoms with Crippen molar-refractivity contribution in [3.05, 3.63) is 199 Å². The number of anilines is 3. The Kier molecular flexibility index (Phi) is 7.26. The molecule has 3 aliphatic carbocycles. The Bertz CT molecular complexity index is 3010. The van der Waals surface area contributed by atoms with Crippen LogP contribution >= 0.6 is 0 Å². The molecule has 0 radical (unpaired) electrons. The molecule has 2 nitrogen and oxygen atoms in total. The van der Waals surface area contributed by atoms with Gasteiger partial charge in [0.05, 0.1) is 11.4 Å². The van der Waals surface area contributed by atoms with Crippen LogP contribution in [0.25, 0.3) is 66.4 Å². The average Bonchev–Trinajstić information content (AvgIpc) is 4.06. The lowest BCUT2D eigenvalue weighted by Crippen LogP contribution is -2.31. The van der Waals surface area contributed by atoms with Gasteiger partial charge in [0.2, 0.25) is 0 Å². The van der Waals surface area contributed by atoms with Gasteiger partial charge in [-0.25, -0.2) is 0 Å². The van der Waals surface area contributed by atoms with Crippen molar-refractivity contribution in [1.29, 1.82) is 0 Å². The van der Waals surface area contributed by atoms with Gasteiger partial charge >= 0.3 is 0 Å². The number of nitrogens with zero attached hydrogens (tertiary/aromatic N) is 1. The van der Waals surface area contributed by atoms with Crippen LogP contribution in [0.4, 0.5) is 17.1 Å². The predicted octanol–water partition coefficient (Wildman–Crippen LogP) is 15.1. The van der Waals surface area contributed by atoms with Gasteiger partial charge in [0.25, 0.3) is 0 Å². The lowest BCUT2D eigenvalue weighted by Gasteiger charge is -2.37. The first-order valence-electron chi connectivity index (χ1n) is 20.5. The smallest absolute Gasteiger partial charge is 0.135 e. The largest absolute Gasteiger partial charge is 0.456 e. The molecule has 1 heterocycles. The van der Waals surface area contributed by atoms with Crippen LogP contribution in [0.2, 0.25) is 0 Å². The topological polar surface area (TPSA) is 16.4 Å². The summed E-state index contributed by atoms with van der Waals surface area (Å²) in [6.45, 7) is 0. The molecule has 3 unspecified atom stereocenters. The second-order valence-corrected chi connectivity index (χ2v) is 16.4. The van der Waals surface area contributed by atoms with E-state index in [4.69, 9.17) is 4.42 Å². The zero-order valence-electron chi connectivity index (χ0n) is 31.7. The summed E-state index contributed by atoms with van der Waals surface area (Å²) in [7, 11) is 0. The van der Waals surface area contributed by atoms with E-state index < -0.39 is 0 Å². The zero-order chi connectivity index (χ0) is 37.5. The fourth-order valence-electron chi connectivity index (χ4n) is 11.3. The Hall–Kier alpha value is -6.64. The van der Waals surface area contributed by atoms with Gasteiger partial charge in [-0.3, -0.25) is 0 Å². The number of benzene rings is 8. The summed E-state index contributed by atoms with van der Waals surface area (Å²) in [5, 5.41) is 2.26. The van der Waals surface area contributed by atoms with E-state index in [1.165, 1.54) is 87.0 Å². The highest BCUT2D eigenvalue weighted by atomic mass is 16.3. The Balaban J connectivity index is 1.13. The van der Waals surface area contributed by atoms with Gasteiger partial charge in [0.1, 0.15) is 11.2 Å². The number of hydrogen-bond donors (Lipinski definition) is 0. The summed E-state index contributed by atoms with van der Waals surface area (Å²) >= 11 is 0. The standard InChI is InChI=1S/C55H41NO/c1-2-15-37(16-3-1)40-17-4-5-18-41(40)42-19-6-7-20-43(42)44-21-9-12-26-50(44)56(39-31-32-53-47(34-39)45-22-10-13-28-52(45)57-53)51-27-14-25-49-54(51)46-23-8-11-24-48(46)55(49)35-36-29-30-38(55)33-36/h1-28,31-32,34,36,38H,29-30,33,35H2. The summed E-state index contributed by atoms with van der Waals surface area (Å²) in [6, 6.07) is 69.3. The number of para-hydroxylation sites is 2. The quantitative estimate of drug-likeness (QED) is 0.169. The van der Waals surface area contributed by atoms with Gasteiger partial charge in [-0.05, 0) is 112 Å².